The Bertz CT molecular complexity index is 493. The molecule has 0 spiro atoms. The van der Waals surface area contributed by atoms with Gasteiger partial charge in [-0.1, -0.05) is 30.3 Å². The zero-order valence-electron chi connectivity index (χ0n) is 10.4. The molecule has 1 saturated heterocycles. The third kappa shape index (κ3) is 3.29. The summed E-state index contributed by atoms with van der Waals surface area (Å²) < 4.78 is 0. The van der Waals surface area contributed by atoms with E-state index in [1.165, 1.54) is 5.06 Å². The van der Waals surface area contributed by atoms with Crippen molar-refractivity contribution in [3.63, 3.8) is 0 Å². The molecule has 1 fully saturated rings. The van der Waals surface area contributed by atoms with Gasteiger partial charge in [-0.15, -0.1) is 0 Å². The van der Waals surface area contributed by atoms with Crippen molar-refractivity contribution < 1.29 is 19.5 Å². The van der Waals surface area contributed by atoms with Gasteiger partial charge in [0.05, 0.1) is 6.61 Å². The van der Waals surface area contributed by atoms with E-state index in [1.54, 1.807) is 5.94 Å². The Morgan fingerprint density at radius 3 is 2.79 bits per heavy atom. The monoisotopic (exact) mass is 261 g/mol. The number of hydrogen-bond acceptors (Lipinski definition) is 4. The maximum Gasteiger partial charge on any atom is 0.328 e. The number of carboxylic acid groups (broad SMARTS) is 1. The first-order valence-corrected chi connectivity index (χ1v) is 6.12. The Balaban J connectivity index is 2.05. The van der Waals surface area contributed by atoms with Crippen LogP contribution in [0.2, 0.25) is 0 Å². The van der Waals surface area contributed by atoms with Crippen molar-refractivity contribution in [2.24, 2.45) is 0 Å². The molecule has 1 aromatic carbocycles. The van der Waals surface area contributed by atoms with Crippen LogP contribution in [0.3, 0.4) is 0 Å². The first-order chi connectivity index (χ1) is 9.22. The molecule has 0 aromatic heterocycles. The summed E-state index contributed by atoms with van der Waals surface area (Å²) in [6.45, 7) is 0.783. The van der Waals surface area contributed by atoms with Gasteiger partial charge in [0.25, 0.3) is 0 Å². The van der Waals surface area contributed by atoms with Crippen molar-refractivity contribution in [1.29, 1.82) is 0 Å². The van der Waals surface area contributed by atoms with Crippen LogP contribution in [0.4, 0.5) is 0 Å². The molecule has 1 atom stereocenters. The van der Waals surface area contributed by atoms with Gasteiger partial charge in [0.15, 0.2) is 6.04 Å². The molecule has 0 amide bonds. The van der Waals surface area contributed by atoms with Gasteiger partial charge in [0, 0.05) is 12.1 Å². The van der Waals surface area contributed by atoms with Crippen LogP contribution in [-0.2, 0) is 21.0 Å². The summed E-state index contributed by atoms with van der Waals surface area (Å²) in [5.74, 6) is 0.650. The topological polar surface area (TPSA) is 66.8 Å². The maximum absolute atomic E-state index is 11.2. The normalized spacial score (nSPS) is 20.0. The summed E-state index contributed by atoms with van der Waals surface area (Å²) in [5, 5.41) is 10.5. The van der Waals surface area contributed by atoms with Crippen LogP contribution in [0.1, 0.15) is 18.4 Å². The molecule has 1 aromatic rings. The van der Waals surface area contributed by atoms with Gasteiger partial charge in [0.2, 0.25) is 0 Å². The number of hydroxylamine groups is 2. The number of benzene rings is 1. The Kier molecular flexibility index (Phi) is 4.47. The molecular weight excluding hydrogens is 246 g/mol. The molecule has 1 unspecified atom stereocenters. The first kappa shape index (κ1) is 13.5. The largest absolute Gasteiger partial charge is 0.480 e. The minimum Gasteiger partial charge on any atom is -0.480 e. The number of rotatable bonds is 4. The third-order valence-corrected chi connectivity index (χ3v) is 3.05. The van der Waals surface area contributed by atoms with Crippen molar-refractivity contribution in [1.82, 2.24) is 5.06 Å². The summed E-state index contributed by atoms with van der Waals surface area (Å²) in [5.41, 5.74) is 1.20. The minimum atomic E-state index is -1.08. The highest BCUT2D eigenvalue weighted by Gasteiger charge is 2.34. The lowest BCUT2D eigenvalue weighted by Crippen LogP contribution is -2.46. The van der Waals surface area contributed by atoms with Crippen molar-refractivity contribution in [3.05, 3.63) is 41.5 Å². The molecule has 2 rings (SSSR count). The lowest BCUT2D eigenvalue weighted by Gasteiger charge is -2.32. The summed E-state index contributed by atoms with van der Waals surface area (Å²) in [7, 11) is 0. The van der Waals surface area contributed by atoms with Crippen molar-refractivity contribution in [2.75, 3.05) is 6.54 Å². The number of carboxylic acids is 1. The van der Waals surface area contributed by atoms with E-state index in [0.29, 0.717) is 19.4 Å². The standard InChI is InChI=1S/C14H15NO4/c16-9-12-7-4-8-15(13(12)14(17)18)19-10-11-5-2-1-3-6-11/h1-3,5-6,13H,4,7-8,10H2,(H,17,18). The second-order valence-corrected chi connectivity index (χ2v) is 4.37. The highest BCUT2D eigenvalue weighted by molar-refractivity contribution is 5.81. The molecule has 1 aliphatic heterocycles. The molecule has 1 heterocycles. The molecule has 5 heteroatoms. The quantitative estimate of drug-likeness (QED) is 0.830. The average Bonchev–Trinajstić information content (AvgIpc) is 2.45. The first-order valence-electron chi connectivity index (χ1n) is 6.12. The van der Waals surface area contributed by atoms with E-state index in [2.05, 4.69) is 0 Å². The summed E-state index contributed by atoms with van der Waals surface area (Å²) >= 11 is 0. The molecular formula is C14H15NO4. The van der Waals surface area contributed by atoms with Gasteiger partial charge in [-0.25, -0.2) is 4.79 Å². The highest BCUT2D eigenvalue weighted by Crippen LogP contribution is 2.22. The van der Waals surface area contributed by atoms with Crippen LogP contribution in [0, 0.1) is 0 Å². The van der Waals surface area contributed by atoms with E-state index in [1.807, 2.05) is 30.3 Å². The van der Waals surface area contributed by atoms with E-state index in [-0.39, 0.29) is 12.2 Å². The lowest BCUT2D eigenvalue weighted by molar-refractivity contribution is -0.205. The predicted molar refractivity (Wildman–Crippen MR) is 67.8 cm³/mol. The van der Waals surface area contributed by atoms with Crippen LogP contribution >= 0.6 is 0 Å². The lowest BCUT2D eigenvalue weighted by atomic mass is 9.99. The van der Waals surface area contributed by atoms with Gasteiger partial charge in [-0.3, -0.25) is 9.63 Å². The Labute approximate surface area is 111 Å². The van der Waals surface area contributed by atoms with Gasteiger partial charge in [0.1, 0.15) is 5.94 Å². The molecule has 1 N–H and O–H groups in total. The zero-order valence-corrected chi connectivity index (χ0v) is 10.4. The summed E-state index contributed by atoms with van der Waals surface area (Å²) in [6.07, 6.45) is 1.16. The van der Waals surface area contributed by atoms with Crippen LogP contribution in [0.25, 0.3) is 0 Å². The SMILES string of the molecule is O=C=C1CCCN(OCc2ccccc2)C1C(=O)O. The Morgan fingerprint density at radius 1 is 1.42 bits per heavy atom. The molecule has 0 bridgehead atoms. The van der Waals surface area contributed by atoms with Gasteiger partial charge >= 0.3 is 5.97 Å². The number of carbonyl (C=O) groups excluding carboxylic acids is 1. The number of hydrogen-bond donors (Lipinski definition) is 1. The minimum absolute atomic E-state index is 0.242. The van der Waals surface area contributed by atoms with Gasteiger partial charge < -0.3 is 5.11 Å². The van der Waals surface area contributed by atoms with Crippen LogP contribution in [0.15, 0.2) is 35.9 Å². The van der Waals surface area contributed by atoms with E-state index >= 15 is 0 Å². The molecule has 1 aliphatic rings. The smallest absolute Gasteiger partial charge is 0.328 e. The number of aliphatic carboxylic acids is 1. The van der Waals surface area contributed by atoms with Crippen molar-refractivity contribution in [2.45, 2.75) is 25.5 Å². The zero-order chi connectivity index (χ0) is 13.7. The maximum atomic E-state index is 11.2. The average molecular weight is 261 g/mol. The molecule has 0 aliphatic carbocycles. The molecule has 100 valence electrons. The predicted octanol–water partition coefficient (Wildman–Crippen LogP) is 1.43. The molecule has 0 saturated carbocycles. The third-order valence-electron chi connectivity index (χ3n) is 3.05. The fourth-order valence-corrected chi connectivity index (χ4v) is 2.11. The molecule has 19 heavy (non-hydrogen) atoms. The van der Waals surface area contributed by atoms with Gasteiger partial charge in [-0.2, -0.15) is 5.06 Å². The van der Waals surface area contributed by atoms with E-state index in [9.17, 15) is 14.7 Å². The Morgan fingerprint density at radius 2 is 2.16 bits per heavy atom. The number of carbonyl (C=O) groups is 1. The van der Waals surface area contributed by atoms with E-state index in [4.69, 9.17) is 4.84 Å². The second kappa shape index (κ2) is 6.29. The molecule has 0 radical (unpaired) electrons. The van der Waals surface area contributed by atoms with E-state index in [0.717, 1.165) is 5.56 Å². The highest BCUT2D eigenvalue weighted by atomic mass is 16.7. The summed E-state index contributed by atoms with van der Waals surface area (Å²) in [4.78, 5) is 27.5. The fraction of sp³-hybridized carbons (Fsp3) is 0.357. The van der Waals surface area contributed by atoms with Crippen LogP contribution < -0.4 is 0 Å². The van der Waals surface area contributed by atoms with Crippen LogP contribution in [-0.4, -0.2) is 34.7 Å². The van der Waals surface area contributed by atoms with Crippen LogP contribution in [0.5, 0.6) is 0 Å². The fourth-order valence-electron chi connectivity index (χ4n) is 2.11. The van der Waals surface area contributed by atoms with Crippen molar-refractivity contribution in [3.8, 4) is 0 Å². The van der Waals surface area contributed by atoms with Crippen molar-refractivity contribution >= 4 is 11.9 Å². The second-order valence-electron chi connectivity index (χ2n) is 4.37. The van der Waals surface area contributed by atoms with E-state index < -0.39 is 12.0 Å². The number of piperidine rings is 1. The molecule has 5 nitrogen and oxygen atoms in total. The Hall–Kier alpha value is -1.94. The van der Waals surface area contributed by atoms with Gasteiger partial charge in [-0.05, 0) is 18.4 Å². The summed E-state index contributed by atoms with van der Waals surface area (Å²) in [6, 6.07) is 8.46. The number of nitrogens with zero attached hydrogens (tertiary/aromatic N) is 1.